The second-order valence-electron chi connectivity index (χ2n) is 6.28. The summed E-state index contributed by atoms with van der Waals surface area (Å²) < 4.78 is 6.40. The third-order valence-corrected chi connectivity index (χ3v) is 4.45. The van der Waals surface area contributed by atoms with E-state index in [1.54, 1.807) is 19.2 Å². The van der Waals surface area contributed by atoms with Crippen LogP contribution in [0.5, 0.6) is 11.5 Å². The van der Waals surface area contributed by atoms with Gasteiger partial charge in [0.15, 0.2) is 17.3 Å². The average Bonchev–Trinajstić information content (AvgIpc) is 3.03. The van der Waals surface area contributed by atoms with Crippen LogP contribution in [0, 0.1) is 0 Å². The number of nitrogen functional groups attached to an aromatic ring is 1. The van der Waals surface area contributed by atoms with Crippen molar-refractivity contribution in [3.05, 3.63) is 54.1 Å². The molecule has 0 amide bonds. The fourth-order valence-electron chi connectivity index (χ4n) is 2.98. The second-order valence-corrected chi connectivity index (χ2v) is 6.28. The van der Waals surface area contributed by atoms with Gasteiger partial charge in [0, 0.05) is 0 Å². The van der Waals surface area contributed by atoms with E-state index < -0.39 is 0 Å². The van der Waals surface area contributed by atoms with Gasteiger partial charge in [0.2, 0.25) is 0 Å². The largest absolute Gasteiger partial charge is 0.508 e. The minimum Gasteiger partial charge on any atom is -0.508 e. The van der Waals surface area contributed by atoms with E-state index >= 15 is 0 Å². The number of hydrogen-bond donors (Lipinski definition) is 3. The molecule has 1 aliphatic heterocycles. The summed E-state index contributed by atoms with van der Waals surface area (Å²) in [5.41, 5.74) is 7.72. The maximum Gasteiger partial charge on any atom is 0.251 e. The first kappa shape index (κ1) is 17.5. The molecule has 9 heteroatoms. The molecule has 0 fully saturated rings. The monoisotopic (exact) mass is 378 g/mol. The van der Waals surface area contributed by atoms with Crippen LogP contribution < -0.4 is 15.8 Å². The van der Waals surface area contributed by atoms with Crippen molar-refractivity contribution in [1.82, 2.24) is 9.78 Å². The molecule has 1 unspecified atom stereocenters. The van der Waals surface area contributed by atoms with Gasteiger partial charge in [-0.1, -0.05) is 12.1 Å². The highest BCUT2D eigenvalue weighted by Crippen LogP contribution is 2.39. The van der Waals surface area contributed by atoms with Gasteiger partial charge in [-0.15, -0.1) is 10.2 Å². The first-order valence-corrected chi connectivity index (χ1v) is 8.58. The number of carbonyl (C=O) groups excluding carboxylic acids is 1. The van der Waals surface area contributed by atoms with Crippen LogP contribution in [0.2, 0.25) is 0 Å². The van der Waals surface area contributed by atoms with Gasteiger partial charge in [-0.05, 0) is 42.0 Å². The van der Waals surface area contributed by atoms with Crippen LogP contribution in [-0.2, 0) is 0 Å². The Balaban J connectivity index is 1.65. The number of phenols is 1. The lowest BCUT2D eigenvalue weighted by Crippen LogP contribution is -2.28. The van der Waals surface area contributed by atoms with E-state index in [9.17, 15) is 9.90 Å². The zero-order valence-electron chi connectivity index (χ0n) is 15.0. The van der Waals surface area contributed by atoms with E-state index in [4.69, 9.17) is 10.5 Å². The molecule has 3 aromatic rings. The van der Waals surface area contributed by atoms with Crippen molar-refractivity contribution < 1.29 is 14.6 Å². The minimum atomic E-state index is -0.246. The van der Waals surface area contributed by atoms with Gasteiger partial charge in [0.05, 0.1) is 25.3 Å². The second kappa shape index (κ2) is 7.03. The molecule has 1 aromatic heterocycles. The molecule has 0 saturated heterocycles. The lowest BCUT2D eigenvalue weighted by atomic mass is 10.0. The third-order valence-electron chi connectivity index (χ3n) is 4.45. The highest BCUT2D eigenvalue weighted by atomic mass is 16.5. The Kier molecular flexibility index (Phi) is 4.40. The predicted octanol–water partition coefficient (Wildman–Crippen LogP) is 3.79. The van der Waals surface area contributed by atoms with E-state index in [1.807, 2.05) is 24.3 Å². The zero-order chi connectivity index (χ0) is 19.7. The van der Waals surface area contributed by atoms with Crippen LogP contribution in [0.4, 0.5) is 23.0 Å². The number of benzene rings is 2. The summed E-state index contributed by atoms with van der Waals surface area (Å²) in [6, 6.07) is 13.5. The molecule has 1 atom stereocenters. The van der Waals surface area contributed by atoms with Crippen molar-refractivity contribution >= 4 is 28.9 Å². The molecule has 1 aliphatic rings. The molecule has 0 spiro atoms. The number of ether oxygens (including phenoxy) is 1. The number of aromatic hydroxyl groups is 1. The van der Waals surface area contributed by atoms with Crippen molar-refractivity contribution in [2.45, 2.75) is 12.5 Å². The van der Waals surface area contributed by atoms with Gasteiger partial charge >= 0.3 is 0 Å². The van der Waals surface area contributed by atoms with Crippen LogP contribution in [-0.4, -0.2) is 27.9 Å². The summed E-state index contributed by atoms with van der Waals surface area (Å²) in [7, 11) is 1.60. The highest BCUT2D eigenvalue weighted by Gasteiger charge is 2.30. The number of methoxy groups -OCH3 is 1. The summed E-state index contributed by atoms with van der Waals surface area (Å²) in [6.07, 6.45) is 0.231. The topological polar surface area (TPSA) is 127 Å². The Morgan fingerprint density at radius 1 is 1.18 bits per heavy atom. The quantitative estimate of drug-likeness (QED) is 0.593. The molecule has 142 valence electrons. The van der Waals surface area contributed by atoms with Gasteiger partial charge in [0.25, 0.3) is 5.91 Å². The van der Waals surface area contributed by atoms with Gasteiger partial charge < -0.3 is 20.9 Å². The predicted molar refractivity (Wildman–Crippen MR) is 104 cm³/mol. The van der Waals surface area contributed by atoms with E-state index in [0.717, 1.165) is 11.3 Å². The van der Waals surface area contributed by atoms with Crippen molar-refractivity contribution in [2.75, 3.05) is 18.2 Å². The van der Waals surface area contributed by atoms with E-state index in [1.165, 1.54) is 16.8 Å². The lowest BCUT2D eigenvalue weighted by Gasteiger charge is -2.25. The number of nitrogens with one attached hydrogen (secondary N) is 1. The summed E-state index contributed by atoms with van der Waals surface area (Å²) in [5.74, 6) is 1.19. The number of phenolic OH excluding ortho intramolecular Hbond substituents is 1. The van der Waals surface area contributed by atoms with Gasteiger partial charge in [-0.2, -0.15) is 9.80 Å². The van der Waals surface area contributed by atoms with E-state index in [2.05, 4.69) is 20.6 Å². The van der Waals surface area contributed by atoms with Crippen LogP contribution >= 0.6 is 0 Å². The first-order valence-electron chi connectivity index (χ1n) is 8.58. The number of carbonyl (C=O) groups is 1. The Bertz CT molecular complexity index is 1040. The maximum atomic E-state index is 12.5. The molecule has 0 radical (unpaired) electrons. The summed E-state index contributed by atoms with van der Waals surface area (Å²) >= 11 is 0. The molecule has 2 aromatic carbocycles. The first-order chi connectivity index (χ1) is 13.5. The molecule has 2 heterocycles. The Morgan fingerprint density at radius 2 is 1.89 bits per heavy atom. The molecule has 4 N–H and O–H groups in total. The summed E-state index contributed by atoms with van der Waals surface area (Å²) in [4.78, 5) is 12.5. The highest BCUT2D eigenvalue weighted by molar-refractivity contribution is 5.90. The van der Waals surface area contributed by atoms with Crippen LogP contribution in [0.1, 0.15) is 22.8 Å². The summed E-state index contributed by atoms with van der Waals surface area (Å²) in [6.45, 7) is 0. The number of aromatic nitrogens is 2. The number of fused-ring (bicyclic) bond motifs is 1. The van der Waals surface area contributed by atoms with Gasteiger partial charge in [0.1, 0.15) is 11.5 Å². The number of azo groups is 1. The SMILES string of the molecule is COc1ccc(C2CC(=O)n3nc(N)c(N=Nc4ccc(O)cc4)c3N2)cc1. The Labute approximate surface area is 160 Å². The number of nitrogens with zero attached hydrogens (tertiary/aromatic N) is 4. The van der Waals surface area contributed by atoms with Crippen molar-refractivity contribution in [3.63, 3.8) is 0 Å². The number of anilines is 2. The van der Waals surface area contributed by atoms with Crippen molar-refractivity contribution in [3.8, 4) is 11.5 Å². The smallest absolute Gasteiger partial charge is 0.251 e. The molecule has 0 aliphatic carbocycles. The molecular weight excluding hydrogens is 360 g/mol. The molecule has 9 nitrogen and oxygen atoms in total. The standard InChI is InChI=1S/C19H18N6O3/c1-28-14-8-2-11(3-9-14)15-10-16(27)25-19(21-15)17(18(20)24-25)23-22-12-4-6-13(26)7-5-12/h2-9,15,21,26H,10H2,1H3,(H2,20,24). The number of rotatable bonds is 4. The molecule has 0 saturated carbocycles. The van der Waals surface area contributed by atoms with Crippen molar-refractivity contribution in [2.24, 2.45) is 10.2 Å². The molecule has 0 bridgehead atoms. The fourth-order valence-corrected chi connectivity index (χ4v) is 2.98. The Morgan fingerprint density at radius 3 is 2.57 bits per heavy atom. The van der Waals surface area contributed by atoms with Crippen LogP contribution in [0.15, 0.2) is 58.8 Å². The number of hydrogen-bond acceptors (Lipinski definition) is 8. The lowest BCUT2D eigenvalue weighted by molar-refractivity contribution is 0.0873. The van der Waals surface area contributed by atoms with E-state index in [0.29, 0.717) is 17.2 Å². The molecular formula is C19H18N6O3. The number of nitrogens with two attached hydrogens (primary N) is 1. The maximum absolute atomic E-state index is 12.5. The van der Waals surface area contributed by atoms with Gasteiger partial charge in [-0.3, -0.25) is 4.79 Å². The normalized spacial score (nSPS) is 16.0. The molecule has 4 rings (SSSR count). The average molecular weight is 378 g/mol. The summed E-state index contributed by atoms with van der Waals surface area (Å²) in [5, 5.41) is 25.0. The Hall–Kier alpha value is -3.88. The minimum absolute atomic E-state index is 0.105. The van der Waals surface area contributed by atoms with Crippen LogP contribution in [0.25, 0.3) is 0 Å². The fraction of sp³-hybridized carbons (Fsp3) is 0.158. The third kappa shape index (κ3) is 3.25. The molecule has 28 heavy (non-hydrogen) atoms. The van der Waals surface area contributed by atoms with E-state index in [-0.39, 0.29) is 29.9 Å². The van der Waals surface area contributed by atoms with Crippen LogP contribution in [0.3, 0.4) is 0 Å². The zero-order valence-corrected chi connectivity index (χ0v) is 15.0. The van der Waals surface area contributed by atoms with Crippen molar-refractivity contribution in [1.29, 1.82) is 0 Å². The van der Waals surface area contributed by atoms with Gasteiger partial charge in [-0.25, -0.2) is 0 Å².